The van der Waals surface area contributed by atoms with Crippen LogP contribution >= 0.6 is 31.9 Å². The predicted molar refractivity (Wildman–Crippen MR) is 98.9 cm³/mol. The number of carbonyl (C=O) groups is 4. The average molecular weight is 484 g/mol. The standard InChI is InChI=1S/C18H12Br2O6/c19-13-5-1-11(2-6-13)15(21)9-25-17(23)18(24)26-10-16(22)12-3-7-14(20)8-4-12/h1-8H,9-10H2. The predicted octanol–water partition coefficient (Wildman–Crippen LogP) is 3.36. The molecule has 0 aliphatic carbocycles. The van der Waals surface area contributed by atoms with E-state index in [1.807, 2.05) is 0 Å². The van der Waals surface area contributed by atoms with Gasteiger partial charge in [0.1, 0.15) is 0 Å². The van der Waals surface area contributed by atoms with Gasteiger partial charge in [-0.05, 0) is 24.3 Å². The Morgan fingerprint density at radius 2 is 0.923 bits per heavy atom. The van der Waals surface area contributed by atoms with E-state index >= 15 is 0 Å². The number of ketones is 2. The average Bonchev–Trinajstić information content (AvgIpc) is 2.64. The van der Waals surface area contributed by atoms with Gasteiger partial charge in [-0.15, -0.1) is 0 Å². The monoisotopic (exact) mass is 482 g/mol. The fourth-order valence-corrected chi connectivity index (χ4v) is 2.35. The molecule has 0 aliphatic rings. The summed E-state index contributed by atoms with van der Waals surface area (Å²) in [5, 5.41) is 0. The number of hydrogen-bond acceptors (Lipinski definition) is 6. The van der Waals surface area contributed by atoms with Crippen LogP contribution in [0.25, 0.3) is 0 Å². The fraction of sp³-hybridized carbons (Fsp3) is 0.111. The molecule has 134 valence electrons. The number of benzene rings is 2. The highest BCUT2D eigenvalue weighted by Gasteiger charge is 2.21. The SMILES string of the molecule is O=C(OCC(=O)c1ccc(Br)cc1)C(=O)OCC(=O)c1ccc(Br)cc1. The minimum Gasteiger partial charge on any atom is -0.449 e. The van der Waals surface area contributed by atoms with Crippen LogP contribution in [0.2, 0.25) is 0 Å². The molecule has 0 atom stereocenters. The zero-order valence-electron chi connectivity index (χ0n) is 13.2. The van der Waals surface area contributed by atoms with E-state index in [9.17, 15) is 19.2 Å². The Kier molecular flexibility index (Phi) is 7.23. The van der Waals surface area contributed by atoms with Gasteiger partial charge in [-0.3, -0.25) is 9.59 Å². The number of esters is 2. The summed E-state index contributed by atoms with van der Waals surface area (Å²) in [6, 6.07) is 12.9. The van der Waals surface area contributed by atoms with Crippen LogP contribution in [0.1, 0.15) is 20.7 Å². The van der Waals surface area contributed by atoms with E-state index in [4.69, 9.17) is 0 Å². The fourth-order valence-electron chi connectivity index (χ4n) is 1.82. The number of hydrogen-bond donors (Lipinski definition) is 0. The first-order valence-electron chi connectivity index (χ1n) is 7.28. The minimum absolute atomic E-state index is 0.333. The molecular weight excluding hydrogens is 472 g/mol. The van der Waals surface area contributed by atoms with Crippen molar-refractivity contribution in [3.05, 3.63) is 68.6 Å². The highest BCUT2D eigenvalue weighted by molar-refractivity contribution is 9.10. The Morgan fingerprint density at radius 1 is 0.615 bits per heavy atom. The lowest BCUT2D eigenvalue weighted by molar-refractivity contribution is -0.166. The molecule has 0 saturated heterocycles. The molecule has 0 radical (unpaired) electrons. The second-order valence-corrected chi connectivity index (χ2v) is 6.84. The lowest BCUT2D eigenvalue weighted by Gasteiger charge is -2.05. The van der Waals surface area contributed by atoms with Gasteiger partial charge in [0.05, 0.1) is 0 Å². The van der Waals surface area contributed by atoms with E-state index in [1.54, 1.807) is 48.5 Å². The number of halogens is 2. The molecule has 0 bridgehead atoms. The number of ether oxygens (including phenoxy) is 2. The zero-order valence-corrected chi connectivity index (χ0v) is 16.4. The maximum Gasteiger partial charge on any atom is 0.417 e. The van der Waals surface area contributed by atoms with Crippen molar-refractivity contribution in [2.24, 2.45) is 0 Å². The molecule has 0 heterocycles. The Labute approximate surface area is 165 Å². The minimum atomic E-state index is -1.33. The second kappa shape index (κ2) is 9.40. The molecule has 2 rings (SSSR count). The van der Waals surface area contributed by atoms with Crippen molar-refractivity contribution in [1.29, 1.82) is 0 Å². The highest BCUT2D eigenvalue weighted by Crippen LogP contribution is 2.12. The van der Waals surface area contributed by atoms with E-state index in [0.29, 0.717) is 11.1 Å². The third-order valence-electron chi connectivity index (χ3n) is 3.17. The van der Waals surface area contributed by atoms with Gasteiger partial charge >= 0.3 is 11.9 Å². The maximum absolute atomic E-state index is 11.9. The molecule has 0 amide bonds. The van der Waals surface area contributed by atoms with Crippen molar-refractivity contribution in [2.45, 2.75) is 0 Å². The number of rotatable bonds is 6. The van der Waals surface area contributed by atoms with Crippen molar-refractivity contribution in [2.75, 3.05) is 13.2 Å². The summed E-state index contributed by atoms with van der Waals surface area (Å²) in [7, 11) is 0. The van der Waals surface area contributed by atoms with Gasteiger partial charge in [-0.2, -0.15) is 0 Å². The molecule has 6 nitrogen and oxygen atoms in total. The van der Waals surface area contributed by atoms with Crippen LogP contribution in [0, 0.1) is 0 Å². The van der Waals surface area contributed by atoms with Gasteiger partial charge in [0.2, 0.25) is 0 Å². The van der Waals surface area contributed by atoms with E-state index in [-0.39, 0.29) is 0 Å². The first-order chi connectivity index (χ1) is 12.4. The van der Waals surface area contributed by atoms with Crippen molar-refractivity contribution in [3.63, 3.8) is 0 Å². The first-order valence-corrected chi connectivity index (χ1v) is 8.87. The van der Waals surface area contributed by atoms with Crippen LogP contribution in [0.3, 0.4) is 0 Å². The van der Waals surface area contributed by atoms with Gasteiger partial charge in [-0.25, -0.2) is 9.59 Å². The summed E-state index contributed by atoms with van der Waals surface area (Å²) in [5.41, 5.74) is 0.666. The Bertz CT molecular complexity index is 756. The summed E-state index contributed by atoms with van der Waals surface area (Å²) in [6.07, 6.45) is 0. The summed E-state index contributed by atoms with van der Waals surface area (Å²) in [6.45, 7) is -1.20. The molecule has 0 fully saturated rings. The highest BCUT2D eigenvalue weighted by atomic mass is 79.9. The van der Waals surface area contributed by atoms with Crippen LogP contribution in [0.4, 0.5) is 0 Å². The first kappa shape index (κ1) is 20.0. The summed E-state index contributed by atoms with van der Waals surface area (Å²) < 4.78 is 10.8. The molecule has 2 aromatic rings. The van der Waals surface area contributed by atoms with E-state index in [2.05, 4.69) is 41.3 Å². The van der Waals surface area contributed by atoms with E-state index in [0.717, 1.165) is 8.95 Å². The Balaban J connectivity index is 1.79. The lowest BCUT2D eigenvalue weighted by atomic mass is 10.1. The maximum atomic E-state index is 11.9. The molecule has 8 heteroatoms. The zero-order chi connectivity index (χ0) is 19.1. The summed E-state index contributed by atoms with van der Waals surface area (Å²) >= 11 is 6.47. The van der Waals surface area contributed by atoms with Crippen molar-refractivity contribution in [1.82, 2.24) is 0 Å². The molecule has 0 saturated carbocycles. The summed E-state index contributed by atoms with van der Waals surface area (Å²) in [4.78, 5) is 46.8. The smallest absolute Gasteiger partial charge is 0.417 e. The molecule has 0 aliphatic heterocycles. The van der Waals surface area contributed by atoms with E-state index < -0.39 is 36.7 Å². The van der Waals surface area contributed by atoms with E-state index in [1.165, 1.54) is 0 Å². The number of carbonyl (C=O) groups excluding carboxylic acids is 4. The Hall–Kier alpha value is -2.32. The third-order valence-corrected chi connectivity index (χ3v) is 4.23. The molecule has 0 spiro atoms. The topological polar surface area (TPSA) is 86.7 Å². The molecule has 0 N–H and O–H groups in total. The molecule has 26 heavy (non-hydrogen) atoms. The van der Waals surface area contributed by atoms with Crippen LogP contribution in [-0.2, 0) is 19.1 Å². The van der Waals surface area contributed by atoms with Crippen molar-refractivity contribution >= 4 is 55.4 Å². The Morgan fingerprint density at radius 3 is 1.23 bits per heavy atom. The largest absolute Gasteiger partial charge is 0.449 e. The van der Waals surface area contributed by atoms with Gasteiger partial charge in [-0.1, -0.05) is 56.1 Å². The van der Waals surface area contributed by atoms with Gasteiger partial charge < -0.3 is 9.47 Å². The second-order valence-electron chi connectivity index (χ2n) is 5.01. The summed E-state index contributed by atoms with van der Waals surface area (Å²) in [5.74, 6) is -3.60. The van der Waals surface area contributed by atoms with Gasteiger partial charge in [0, 0.05) is 20.1 Å². The van der Waals surface area contributed by atoms with Gasteiger partial charge in [0.25, 0.3) is 0 Å². The normalized spacial score (nSPS) is 10.1. The quantitative estimate of drug-likeness (QED) is 0.355. The van der Waals surface area contributed by atoms with Crippen molar-refractivity contribution < 1.29 is 28.7 Å². The van der Waals surface area contributed by atoms with Crippen LogP contribution < -0.4 is 0 Å². The third kappa shape index (κ3) is 5.89. The van der Waals surface area contributed by atoms with Gasteiger partial charge in [0.15, 0.2) is 24.8 Å². The number of Topliss-reactive ketones (excluding diaryl/α,β-unsaturated/α-hetero) is 2. The van der Waals surface area contributed by atoms with Crippen molar-refractivity contribution in [3.8, 4) is 0 Å². The lowest BCUT2D eigenvalue weighted by Crippen LogP contribution is -2.25. The van der Waals surface area contributed by atoms with Crippen LogP contribution in [0.15, 0.2) is 57.5 Å². The molecular formula is C18H12Br2O6. The van der Waals surface area contributed by atoms with Crippen LogP contribution in [-0.4, -0.2) is 36.7 Å². The molecule has 2 aromatic carbocycles. The molecule has 0 aromatic heterocycles. The van der Waals surface area contributed by atoms with Crippen LogP contribution in [0.5, 0.6) is 0 Å². The molecule has 0 unspecified atom stereocenters.